The lowest BCUT2D eigenvalue weighted by atomic mass is 9.85. The maximum atomic E-state index is 11.3. The van der Waals surface area contributed by atoms with Crippen molar-refractivity contribution >= 4 is 26.0 Å². The third kappa shape index (κ3) is 3.96. The van der Waals surface area contributed by atoms with Crippen LogP contribution in [0.2, 0.25) is 0 Å². The van der Waals surface area contributed by atoms with E-state index in [-0.39, 0.29) is 11.0 Å². The van der Waals surface area contributed by atoms with Crippen LogP contribution in [0.15, 0.2) is 27.6 Å². The zero-order valence-corrected chi connectivity index (χ0v) is 13.9. The van der Waals surface area contributed by atoms with Gasteiger partial charge < -0.3 is 4.74 Å². The highest BCUT2D eigenvalue weighted by atomic mass is 79.9. The molecule has 1 aliphatic carbocycles. The Hall–Kier alpha value is -0.590. The van der Waals surface area contributed by atoms with Crippen LogP contribution in [0.3, 0.4) is 0 Å². The number of benzene rings is 1. The van der Waals surface area contributed by atoms with Crippen LogP contribution in [0.4, 0.5) is 0 Å². The molecule has 2 rings (SSSR count). The van der Waals surface area contributed by atoms with Gasteiger partial charge in [-0.3, -0.25) is 0 Å². The van der Waals surface area contributed by atoms with Crippen molar-refractivity contribution in [1.82, 2.24) is 0 Å². The van der Waals surface area contributed by atoms with Gasteiger partial charge in [0.2, 0.25) is 10.0 Å². The first-order valence-electron chi connectivity index (χ1n) is 6.89. The Morgan fingerprint density at radius 2 is 2.15 bits per heavy atom. The molecular formula is C14H20BrNO3S. The molecule has 2 unspecified atom stereocenters. The summed E-state index contributed by atoms with van der Waals surface area (Å²) >= 11 is 3.35. The van der Waals surface area contributed by atoms with Crippen molar-refractivity contribution in [1.29, 1.82) is 0 Å². The van der Waals surface area contributed by atoms with Crippen molar-refractivity contribution in [2.24, 2.45) is 11.1 Å². The van der Waals surface area contributed by atoms with E-state index < -0.39 is 10.0 Å². The first-order valence-corrected chi connectivity index (χ1v) is 9.23. The summed E-state index contributed by atoms with van der Waals surface area (Å²) in [7, 11) is -3.67. The lowest BCUT2D eigenvalue weighted by Crippen LogP contribution is -2.25. The maximum Gasteiger partial charge on any atom is 0.238 e. The van der Waals surface area contributed by atoms with Crippen molar-refractivity contribution < 1.29 is 13.2 Å². The Morgan fingerprint density at radius 3 is 2.75 bits per heavy atom. The summed E-state index contributed by atoms with van der Waals surface area (Å²) in [6.07, 6.45) is 5.99. The van der Waals surface area contributed by atoms with E-state index >= 15 is 0 Å². The molecule has 1 fully saturated rings. The number of rotatable bonds is 4. The molecule has 20 heavy (non-hydrogen) atoms. The van der Waals surface area contributed by atoms with Crippen molar-refractivity contribution in [3.05, 3.63) is 22.7 Å². The Labute approximate surface area is 128 Å². The summed E-state index contributed by atoms with van der Waals surface area (Å²) in [5, 5.41) is 5.11. The van der Waals surface area contributed by atoms with Gasteiger partial charge in [-0.25, -0.2) is 13.6 Å². The van der Waals surface area contributed by atoms with Gasteiger partial charge >= 0.3 is 0 Å². The van der Waals surface area contributed by atoms with E-state index in [4.69, 9.17) is 9.88 Å². The van der Waals surface area contributed by atoms with Gasteiger partial charge in [0.05, 0.1) is 15.5 Å². The van der Waals surface area contributed by atoms with Gasteiger partial charge in [0.25, 0.3) is 0 Å². The zero-order chi connectivity index (χ0) is 14.8. The summed E-state index contributed by atoms with van der Waals surface area (Å²) in [5.41, 5.74) is 0. The van der Waals surface area contributed by atoms with E-state index in [1.807, 2.05) is 0 Å². The molecule has 0 amide bonds. The van der Waals surface area contributed by atoms with Crippen LogP contribution in [-0.2, 0) is 10.0 Å². The van der Waals surface area contributed by atoms with E-state index in [1.165, 1.54) is 31.4 Å². The molecule has 2 atom stereocenters. The van der Waals surface area contributed by atoms with Gasteiger partial charge in [0.15, 0.2) is 0 Å². The van der Waals surface area contributed by atoms with Crippen LogP contribution in [0.5, 0.6) is 5.75 Å². The Kier molecular flexibility index (Phi) is 5.09. The Bertz CT molecular complexity index is 574. The molecule has 1 aromatic rings. The third-order valence-corrected chi connectivity index (χ3v) is 5.37. The van der Waals surface area contributed by atoms with Crippen LogP contribution in [0, 0.1) is 5.92 Å². The molecule has 1 aliphatic rings. The Morgan fingerprint density at radius 1 is 1.40 bits per heavy atom. The van der Waals surface area contributed by atoms with Crippen LogP contribution in [0.1, 0.15) is 39.0 Å². The average molecular weight is 362 g/mol. The second kappa shape index (κ2) is 6.45. The average Bonchev–Trinajstić information content (AvgIpc) is 2.40. The molecule has 2 N–H and O–H groups in total. The molecule has 0 aliphatic heterocycles. The highest BCUT2D eigenvalue weighted by molar-refractivity contribution is 9.10. The van der Waals surface area contributed by atoms with E-state index in [1.54, 1.807) is 6.07 Å². The number of halogens is 1. The summed E-state index contributed by atoms with van der Waals surface area (Å²) in [6, 6.07) is 4.64. The topological polar surface area (TPSA) is 69.4 Å². The number of ether oxygens (including phenoxy) is 1. The smallest absolute Gasteiger partial charge is 0.238 e. The number of primary sulfonamides is 1. The minimum absolute atomic E-state index is 0.0896. The van der Waals surface area contributed by atoms with Gasteiger partial charge in [-0.15, -0.1) is 0 Å². The minimum atomic E-state index is -3.67. The minimum Gasteiger partial charge on any atom is -0.489 e. The van der Waals surface area contributed by atoms with Crippen molar-refractivity contribution in [3.8, 4) is 5.75 Å². The predicted molar refractivity (Wildman–Crippen MR) is 82.2 cm³/mol. The van der Waals surface area contributed by atoms with Gasteiger partial charge in [0.1, 0.15) is 5.75 Å². The van der Waals surface area contributed by atoms with E-state index in [2.05, 4.69) is 22.9 Å². The van der Waals surface area contributed by atoms with Crippen molar-refractivity contribution in [2.75, 3.05) is 0 Å². The summed E-state index contributed by atoms with van der Waals surface area (Å²) in [6.45, 7) is 2.21. The van der Waals surface area contributed by atoms with Crippen LogP contribution in [0.25, 0.3) is 0 Å². The Balaban J connectivity index is 2.10. The number of hydrogen-bond acceptors (Lipinski definition) is 3. The van der Waals surface area contributed by atoms with Crippen LogP contribution >= 0.6 is 15.9 Å². The summed E-state index contributed by atoms with van der Waals surface area (Å²) in [5.74, 6) is 1.41. The van der Waals surface area contributed by atoms with Gasteiger partial charge in [-0.1, -0.05) is 19.8 Å². The summed E-state index contributed by atoms with van der Waals surface area (Å²) < 4.78 is 29.2. The van der Waals surface area contributed by atoms with Crippen molar-refractivity contribution in [3.63, 3.8) is 0 Å². The normalized spacial score (nSPS) is 23.6. The fourth-order valence-electron chi connectivity index (χ4n) is 2.65. The SMILES string of the molecule is CCC1CCCC(Oc2ccc(S(N)(=O)=O)cc2Br)C1. The molecule has 1 saturated carbocycles. The monoisotopic (exact) mass is 361 g/mol. The molecule has 6 heteroatoms. The second-order valence-corrected chi connectivity index (χ2v) is 7.73. The molecule has 0 aromatic heterocycles. The third-order valence-electron chi connectivity index (χ3n) is 3.84. The van der Waals surface area contributed by atoms with Gasteiger partial charge in [0, 0.05) is 0 Å². The molecule has 1 aromatic carbocycles. The van der Waals surface area contributed by atoms with Gasteiger partial charge in [-0.05, 0) is 59.3 Å². The first-order chi connectivity index (χ1) is 9.40. The highest BCUT2D eigenvalue weighted by Crippen LogP contribution is 2.33. The maximum absolute atomic E-state index is 11.3. The molecular weight excluding hydrogens is 342 g/mol. The molecule has 0 radical (unpaired) electrons. The standard InChI is InChI=1S/C14H20BrNO3S/c1-2-10-4-3-5-11(8-10)19-14-7-6-12(9-13(14)15)20(16,17)18/h6-7,9-11H,2-5,8H2,1H3,(H2,16,17,18). The molecule has 0 spiro atoms. The lowest BCUT2D eigenvalue weighted by molar-refractivity contribution is 0.121. The van der Waals surface area contributed by atoms with Crippen LogP contribution < -0.4 is 9.88 Å². The highest BCUT2D eigenvalue weighted by Gasteiger charge is 2.23. The fourth-order valence-corrected chi connectivity index (χ4v) is 3.82. The van der Waals surface area contributed by atoms with E-state index in [0.717, 1.165) is 18.8 Å². The van der Waals surface area contributed by atoms with E-state index in [9.17, 15) is 8.42 Å². The zero-order valence-electron chi connectivity index (χ0n) is 11.5. The molecule has 4 nitrogen and oxygen atoms in total. The second-order valence-electron chi connectivity index (χ2n) is 5.32. The first kappa shape index (κ1) is 15.8. The largest absolute Gasteiger partial charge is 0.489 e. The molecule has 112 valence electrons. The lowest BCUT2D eigenvalue weighted by Gasteiger charge is -2.29. The summed E-state index contributed by atoms with van der Waals surface area (Å²) in [4.78, 5) is 0.0896. The fraction of sp³-hybridized carbons (Fsp3) is 0.571. The molecule has 0 heterocycles. The van der Waals surface area contributed by atoms with Gasteiger partial charge in [-0.2, -0.15) is 0 Å². The number of sulfonamides is 1. The van der Waals surface area contributed by atoms with Crippen LogP contribution in [-0.4, -0.2) is 14.5 Å². The predicted octanol–water partition coefficient (Wildman–Crippen LogP) is 3.44. The molecule has 0 saturated heterocycles. The number of nitrogens with two attached hydrogens (primary N) is 1. The van der Waals surface area contributed by atoms with Crippen molar-refractivity contribution in [2.45, 2.75) is 50.0 Å². The van der Waals surface area contributed by atoms with E-state index in [0.29, 0.717) is 10.2 Å². The number of hydrogen-bond donors (Lipinski definition) is 1. The quantitative estimate of drug-likeness (QED) is 0.892. The molecule has 0 bridgehead atoms.